The van der Waals surface area contributed by atoms with Gasteiger partial charge in [-0.2, -0.15) is 0 Å². The molecule has 0 unspecified atom stereocenters. The summed E-state index contributed by atoms with van der Waals surface area (Å²) in [4.78, 5) is 23.6. The Morgan fingerprint density at radius 3 is 2.62 bits per heavy atom. The maximum absolute atomic E-state index is 11.9. The van der Waals surface area contributed by atoms with Gasteiger partial charge in [-0.1, -0.05) is 52.3 Å². The summed E-state index contributed by atoms with van der Waals surface area (Å²) in [5.41, 5.74) is 0.997. The minimum absolute atomic E-state index is 0.138. The predicted molar refractivity (Wildman–Crippen MR) is 103 cm³/mol. The van der Waals surface area contributed by atoms with Gasteiger partial charge < -0.3 is 14.8 Å². The van der Waals surface area contributed by atoms with E-state index in [1.54, 1.807) is 0 Å². The average molecular weight is 420 g/mol. The first kappa shape index (κ1) is 20.0. The van der Waals surface area contributed by atoms with Gasteiger partial charge in [-0.3, -0.25) is 9.59 Å². The van der Waals surface area contributed by atoms with Crippen molar-refractivity contribution < 1.29 is 19.1 Å². The Hall–Kier alpha value is -2.34. The maximum atomic E-state index is 11.9. The number of hydrogen-bond acceptors (Lipinski definition) is 4. The molecule has 0 bridgehead atoms. The van der Waals surface area contributed by atoms with Crippen LogP contribution < -0.4 is 10.1 Å². The van der Waals surface area contributed by atoms with E-state index in [4.69, 9.17) is 9.47 Å². The molecule has 0 heterocycles. The number of rotatable bonds is 9. The number of carbonyl (C=O) groups excluding carboxylic acids is 2. The lowest BCUT2D eigenvalue weighted by atomic mass is 10.1. The normalized spacial score (nSPS) is 11.5. The Balaban J connectivity index is 1.60. The molecule has 26 heavy (non-hydrogen) atoms. The molecule has 2 rings (SSSR count). The predicted octanol–water partition coefficient (Wildman–Crippen LogP) is 4.03. The number of halogens is 1. The highest BCUT2D eigenvalue weighted by molar-refractivity contribution is 9.10. The standard InChI is InChI=1S/C20H22BrNO4/c1-15(16-7-3-2-4-8-16)22-19(23)14-26-20(24)11-6-12-25-18-10-5-9-17(21)13-18/h2-5,7-10,13,15H,6,11-12,14H2,1H3,(H,22,23)/t15-/m1/s1. The van der Waals surface area contributed by atoms with Gasteiger partial charge in [0.15, 0.2) is 6.61 Å². The van der Waals surface area contributed by atoms with E-state index in [-0.39, 0.29) is 25.0 Å². The number of ether oxygens (including phenoxy) is 2. The molecular weight excluding hydrogens is 398 g/mol. The zero-order valence-electron chi connectivity index (χ0n) is 14.6. The summed E-state index contributed by atoms with van der Waals surface area (Å²) >= 11 is 3.37. The van der Waals surface area contributed by atoms with Crippen molar-refractivity contribution in [2.45, 2.75) is 25.8 Å². The molecule has 0 saturated carbocycles. The SMILES string of the molecule is C[C@@H](NC(=O)COC(=O)CCCOc1cccc(Br)c1)c1ccccc1. The van der Waals surface area contributed by atoms with Crippen LogP contribution in [0.1, 0.15) is 31.4 Å². The molecule has 0 radical (unpaired) electrons. The number of nitrogens with one attached hydrogen (secondary N) is 1. The molecule has 0 spiro atoms. The van der Waals surface area contributed by atoms with Gasteiger partial charge >= 0.3 is 5.97 Å². The smallest absolute Gasteiger partial charge is 0.306 e. The summed E-state index contributed by atoms with van der Waals surface area (Å²) in [6.07, 6.45) is 0.725. The Morgan fingerprint density at radius 2 is 1.88 bits per heavy atom. The van der Waals surface area contributed by atoms with Gasteiger partial charge in [-0.25, -0.2) is 0 Å². The maximum Gasteiger partial charge on any atom is 0.306 e. The first-order valence-electron chi connectivity index (χ1n) is 8.43. The van der Waals surface area contributed by atoms with Crippen molar-refractivity contribution >= 4 is 27.8 Å². The molecule has 138 valence electrons. The van der Waals surface area contributed by atoms with Crippen LogP contribution in [-0.4, -0.2) is 25.1 Å². The average Bonchev–Trinajstić information content (AvgIpc) is 2.64. The fourth-order valence-electron chi connectivity index (χ4n) is 2.29. The minimum atomic E-state index is -0.412. The Kier molecular flexibility index (Phi) is 8.15. The molecule has 6 heteroatoms. The third kappa shape index (κ3) is 7.27. The van der Waals surface area contributed by atoms with Gasteiger partial charge in [-0.05, 0) is 37.1 Å². The van der Waals surface area contributed by atoms with Gasteiger partial charge in [-0.15, -0.1) is 0 Å². The van der Waals surface area contributed by atoms with Crippen molar-refractivity contribution in [3.8, 4) is 5.75 Å². The van der Waals surface area contributed by atoms with E-state index in [0.29, 0.717) is 13.0 Å². The molecule has 1 atom stereocenters. The molecule has 0 saturated heterocycles. The van der Waals surface area contributed by atoms with Crippen molar-refractivity contribution in [1.82, 2.24) is 5.32 Å². The monoisotopic (exact) mass is 419 g/mol. The molecule has 0 aliphatic heterocycles. The number of carbonyl (C=O) groups is 2. The summed E-state index contributed by atoms with van der Waals surface area (Å²) in [7, 11) is 0. The highest BCUT2D eigenvalue weighted by atomic mass is 79.9. The summed E-state index contributed by atoms with van der Waals surface area (Å²) < 4.78 is 11.5. The van der Waals surface area contributed by atoms with Crippen molar-refractivity contribution in [3.05, 3.63) is 64.6 Å². The Morgan fingerprint density at radius 1 is 1.12 bits per heavy atom. The van der Waals surface area contributed by atoms with Gasteiger partial charge in [0.05, 0.1) is 12.6 Å². The van der Waals surface area contributed by atoms with E-state index >= 15 is 0 Å². The molecule has 2 aromatic rings. The lowest BCUT2D eigenvalue weighted by molar-refractivity contribution is -0.148. The molecular formula is C20H22BrNO4. The van der Waals surface area contributed by atoms with Crippen LogP contribution in [0, 0.1) is 0 Å². The number of benzene rings is 2. The largest absolute Gasteiger partial charge is 0.494 e. The molecule has 1 N–H and O–H groups in total. The van der Waals surface area contributed by atoms with Crippen LogP contribution in [0.25, 0.3) is 0 Å². The van der Waals surface area contributed by atoms with Crippen LogP contribution in [0.2, 0.25) is 0 Å². The topological polar surface area (TPSA) is 64.6 Å². The van der Waals surface area contributed by atoms with E-state index in [0.717, 1.165) is 15.8 Å². The van der Waals surface area contributed by atoms with Crippen LogP contribution in [0.5, 0.6) is 5.75 Å². The number of esters is 1. The molecule has 1 amide bonds. The second-order valence-electron chi connectivity index (χ2n) is 5.77. The second-order valence-corrected chi connectivity index (χ2v) is 6.69. The van der Waals surface area contributed by atoms with Crippen molar-refractivity contribution in [1.29, 1.82) is 0 Å². The molecule has 2 aromatic carbocycles. The highest BCUT2D eigenvalue weighted by Crippen LogP contribution is 2.18. The van der Waals surface area contributed by atoms with Crippen LogP contribution in [0.4, 0.5) is 0 Å². The van der Waals surface area contributed by atoms with Gasteiger partial charge in [0, 0.05) is 10.9 Å². The number of amides is 1. The Bertz CT molecular complexity index is 721. The van der Waals surface area contributed by atoms with Crippen molar-refractivity contribution in [3.63, 3.8) is 0 Å². The second kappa shape index (κ2) is 10.6. The van der Waals surface area contributed by atoms with Crippen molar-refractivity contribution in [2.75, 3.05) is 13.2 Å². The molecule has 0 aliphatic rings. The lowest BCUT2D eigenvalue weighted by Gasteiger charge is -2.14. The van der Waals surface area contributed by atoms with E-state index in [9.17, 15) is 9.59 Å². The third-order valence-electron chi connectivity index (χ3n) is 3.63. The fraction of sp³-hybridized carbons (Fsp3) is 0.300. The van der Waals surface area contributed by atoms with Crippen LogP contribution in [0.15, 0.2) is 59.1 Å². The third-order valence-corrected chi connectivity index (χ3v) is 4.12. The van der Waals surface area contributed by atoms with E-state index in [1.165, 1.54) is 0 Å². The zero-order chi connectivity index (χ0) is 18.8. The van der Waals surface area contributed by atoms with Crippen molar-refractivity contribution in [2.24, 2.45) is 0 Å². The van der Waals surface area contributed by atoms with Crippen LogP contribution >= 0.6 is 15.9 Å². The molecule has 0 fully saturated rings. The highest BCUT2D eigenvalue weighted by Gasteiger charge is 2.11. The first-order chi connectivity index (χ1) is 12.5. The molecule has 0 aliphatic carbocycles. The summed E-state index contributed by atoms with van der Waals surface area (Å²) in [6, 6.07) is 17.0. The number of hydrogen-bond donors (Lipinski definition) is 1. The van der Waals surface area contributed by atoms with Gasteiger partial charge in [0.2, 0.25) is 0 Å². The fourth-order valence-corrected chi connectivity index (χ4v) is 2.67. The summed E-state index contributed by atoms with van der Waals surface area (Å²) in [5, 5.41) is 2.80. The lowest BCUT2D eigenvalue weighted by Crippen LogP contribution is -2.31. The summed E-state index contributed by atoms with van der Waals surface area (Å²) in [6.45, 7) is 2.01. The quantitative estimate of drug-likeness (QED) is 0.492. The Labute approximate surface area is 161 Å². The van der Waals surface area contributed by atoms with E-state index < -0.39 is 5.97 Å². The van der Waals surface area contributed by atoms with Crippen LogP contribution in [-0.2, 0) is 14.3 Å². The summed E-state index contributed by atoms with van der Waals surface area (Å²) in [5.74, 6) is 0.00691. The van der Waals surface area contributed by atoms with E-state index in [1.807, 2.05) is 61.5 Å². The van der Waals surface area contributed by atoms with Gasteiger partial charge in [0.1, 0.15) is 5.75 Å². The van der Waals surface area contributed by atoms with E-state index in [2.05, 4.69) is 21.2 Å². The molecule has 0 aromatic heterocycles. The minimum Gasteiger partial charge on any atom is -0.494 e. The van der Waals surface area contributed by atoms with Crippen LogP contribution in [0.3, 0.4) is 0 Å². The zero-order valence-corrected chi connectivity index (χ0v) is 16.2. The molecule has 5 nitrogen and oxygen atoms in total. The first-order valence-corrected chi connectivity index (χ1v) is 9.22. The van der Waals surface area contributed by atoms with Gasteiger partial charge in [0.25, 0.3) is 5.91 Å².